The molecule has 3 heterocycles. The van der Waals surface area contributed by atoms with Gasteiger partial charge in [0.25, 0.3) is 5.91 Å². The average molecular weight is 368 g/mol. The van der Waals surface area contributed by atoms with Crippen LogP contribution in [-0.4, -0.2) is 39.6 Å². The molecule has 3 aromatic rings. The van der Waals surface area contributed by atoms with Crippen molar-refractivity contribution in [3.05, 3.63) is 64.9 Å². The third kappa shape index (κ3) is 3.10. The van der Waals surface area contributed by atoms with Crippen LogP contribution in [0.25, 0.3) is 11.0 Å². The lowest BCUT2D eigenvalue weighted by molar-refractivity contribution is 0.0652. The van der Waals surface area contributed by atoms with Crippen molar-refractivity contribution in [2.45, 2.75) is 12.8 Å². The van der Waals surface area contributed by atoms with Gasteiger partial charge < -0.3 is 9.88 Å². The third-order valence-corrected chi connectivity index (χ3v) is 5.22. The van der Waals surface area contributed by atoms with Crippen molar-refractivity contribution in [3.8, 4) is 0 Å². The summed E-state index contributed by atoms with van der Waals surface area (Å²) in [7, 11) is 0. The smallest absolute Gasteiger partial charge is 0.256 e. The number of piperidine rings is 1. The molecule has 0 radical (unpaired) electrons. The maximum Gasteiger partial charge on any atom is 0.256 e. The second-order valence-electron chi connectivity index (χ2n) is 6.54. The number of carbonyl (C=O) groups excluding carboxylic acids is 2. The molecule has 0 atom stereocenters. The van der Waals surface area contributed by atoms with Crippen molar-refractivity contribution in [3.63, 3.8) is 0 Å². The number of H-pyrrole nitrogens is 1. The molecule has 0 aliphatic carbocycles. The molecule has 1 aliphatic heterocycles. The van der Waals surface area contributed by atoms with Crippen molar-refractivity contribution in [1.29, 1.82) is 0 Å². The van der Waals surface area contributed by atoms with E-state index in [1.807, 2.05) is 17.0 Å². The van der Waals surface area contributed by atoms with Crippen molar-refractivity contribution in [1.82, 2.24) is 14.9 Å². The Kier molecular flexibility index (Phi) is 4.47. The largest absolute Gasteiger partial charge is 0.345 e. The van der Waals surface area contributed by atoms with Gasteiger partial charge in [0.15, 0.2) is 5.78 Å². The number of pyridine rings is 1. The van der Waals surface area contributed by atoms with E-state index in [9.17, 15) is 9.59 Å². The zero-order valence-corrected chi connectivity index (χ0v) is 14.9. The molecule has 2 aromatic heterocycles. The Morgan fingerprint density at radius 2 is 1.85 bits per heavy atom. The minimum Gasteiger partial charge on any atom is -0.345 e. The Morgan fingerprint density at radius 3 is 2.58 bits per heavy atom. The molecule has 6 heteroatoms. The van der Waals surface area contributed by atoms with Crippen LogP contribution < -0.4 is 0 Å². The highest BCUT2D eigenvalue weighted by Crippen LogP contribution is 2.25. The van der Waals surface area contributed by atoms with Gasteiger partial charge in [0.05, 0.1) is 5.56 Å². The lowest BCUT2D eigenvalue weighted by atomic mass is 9.88. The molecule has 1 saturated heterocycles. The summed E-state index contributed by atoms with van der Waals surface area (Å²) in [5.41, 5.74) is 2.03. The normalized spacial score (nSPS) is 15.3. The highest BCUT2D eigenvalue weighted by Gasteiger charge is 2.29. The van der Waals surface area contributed by atoms with Crippen LogP contribution in [0.15, 0.2) is 48.8 Å². The summed E-state index contributed by atoms with van der Waals surface area (Å²) in [5.74, 6) is 0.0663. The van der Waals surface area contributed by atoms with Gasteiger partial charge in [-0.2, -0.15) is 0 Å². The van der Waals surface area contributed by atoms with E-state index in [4.69, 9.17) is 11.6 Å². The van der Waals surface area contributed by atoms with Crippen LogP contribution in [0.1, 0.15) is 33.6 Å². The van der Waals surface area contributed by atoms with Crippen LogP contribution in [0.3, 0.4) is 0 Å². The van der Waals surface area contributed by atoms with Gasteiger partial charge in [0.2, 0.25) is 0 Å². The number of rotatable bonds is 3. The molecular formula is C20H18ClN3O2. The number of nitrogens with zero attached hydrogens (tertiary/aromatic N) is 2. The van der Waals surface area contributed by atoms with E-state index >= 15 is 0 Å². The first-order valence-electron chi connectivity index (χ1n) is 8.64. The van der Waals surface area contributed by atoms with E-state index in [1.165, 1.54) is 0 Å². The predicted molar refractivity (Wildman–Crippen MR) is 101 cm³/mol. The number of amides is 1. The molecule has 1 fully saturated rings. The number of hydrogen-bond acceptors (Lipinski definition) is 3. The molecule has 0 bridgehead atoms. The summed E-state index contributed by atoms with van der Waals surface area (Å²) in [6, 6.07) is 10.7. The number of aromatic nitrogens is 2. The fourth-order valence-corrected chi connectivity index (χ4v) is 3.62. The molecule has 1 aliphatic rings. The van der Waals surface area contributed by atoms with Gasteiger partial charge in [-0.15, -0.1) is 0 Å². The minimum absolute atomic E-state index is 0.0124. The van der Waals surface area contributed by atoms with E-state index in [0.717, 1.165) is 5.39 Å². The Hall–Kier alpha value is -2.66. The summed E-state index contributed by atoms with van der Waals surface area (Å²) in [6.45, 7) is 1.16. The number of ketones is 1. The Bertz CT molecular complexity index is 957. The first-order valence-corrected chi connectivity index (χ1v) is 9.02. The van der Waals surface area contributed by atoms with E-state index in [1.54, 1.807) is 36.7 Å². The third-order valence-electron chi connectivity index (χ3n) is 4.96. The number of hydrogen-bond donors (Lipinski definition) is 1. The molecule has 26 heavy (non-hydrogen) atoms. The highest BCUT2D eigenvalue weighted by molar-refractivity contribution is 6.30. The van der Waals surface area contributed by atoms with E-state index in [-0.39, 0.29) is 17.6 Å². The van der Waals surface area contributed by atoms with Gasteiger partial charge in [-0.05, 0) is 49.2 Å². The number of Topliss-reactive ketones (excluding diaryl/α,β-unsaturated/α-hetero) is 1. The van der Waals surface area contributed by atoms with Crippen LogP contribution in [0.5, 0.6) is 0 Å². The number of benzene rings is 1. The van der Waals surface area contributed by atoms with E-state index in [2.05, 4.69) is 9.97 Å². The zero-order valence-electron chi connectivity index (χ0n) is 14.1. The Morgan fingerprint density at radius 1 is 1.12 bits per heavy atom. The second-order valence-corrected chi connectivity index (χ2v) is 6.98. The molecule has 1 aromatic carbocycles. The summed E-state index contributed by atoms with van der Waals surface area (Å²) in [4.78, 5) is 34.6. The zero-order chi connectivity index (χ0) is 18.1. The molecule has 132 valence electrons. The quantitative estimate of drug-likeness (QED) is 0.713. The summed E-state index contributed by atoms with van der Waals surface area (Å²) in [5, 5.41) is 1.45. The molecule has 0 spiro atoms. The van der Waals surface area contributed by atoms with Crippen LogP contribution in [0, 0.1) is 5.92 Å². The average Bonchev–Trinajstić information content (AvgIpc) is 3.12. The molecule has 1 N–H and O–H groups in total. The number of fused-ring (bicyclic) bond motifs is 1. The van der Waals surface area contributed by atoms with Crippen molar-refractivity contribution < 1.29 is 9.59 Å². The highest BCUT2D eigenvalue weighted by atomic mass is 35.5. The molecule has 0 saturated carbocycles. The summed E-state index contributed by atoms with van der Waals surface area (Å²) >= 11 is 5.88. The van der Waals surface area contributed by atoms with Crippen molar-refractivity contribution in [2.75, 3.05) is 13.1 Å². The monoisotopic (exact) mass is 367 g/mol. The number of nitrogens with one attached hydrogen (secondary N) is 1. The number of likely N-dealkylation sites (tertiary alicyclic amines) is 1. The van der Waals surface area contributed by atoms with Gasteiger partial charge in [0.1, 0.15) is 5.65 Å². The first-order chi connectivity index (χ1) is 12.6. The number of halogens is 1. The Balaban J connectivity index is 1.44. The first kappa shape index (κ1) is 16.8. The lowest BCUT2D eigenvalue weighted by Gasteiger charge is -2.31. The van der Waals surface area contributed by atoms with Gasteiger partial charge >= 0.3 is 0 Å². The fourth-order valence-electron chi connectivity index (χ4n) is 3.50. The molecule has 0 unspecified atom stereocenters. The van der Waals surface area contributed by atoms with Crippen LogP contribution in [0.2, 0.25) is 5.02 Å². The molecule has 4 rings (SSSR count). The molecule has 5 nitrogen and oxygen atoms in total. The van der Waals surface area contributed by atoms with Crippen molar-refractivity contribution >= 4 is 34.3 Å². The second kappa shape index (κ2) is 6.92. The van der Waals surface area contributed by atoms with Crippen LogP contribution >= 0.6 is 11.6 Å². The molecule has 1 amide bonds. The van der Waals surface area contributed by atoms with E-state index < -0.39 is 0 Å². The van der Waals surface area contributed by atoms with Gasteiger partial charge in [-0.1, -0.05) is 11.6 Å². The van der Waals surface area contributed by atoms with Crippen LogP contribution in [-0.2, 0) is 0 Å². The number of carbonyl (C=O) groups is 2. The SMILES string of the molecule is O=C(c1ccc(Cl)cc1)C1CCN(C(=O)c2c[nH]c3ncccc23)CC1. The summed E-state index contributed by atoms with van der Waals surface area (Å²) in [6.07, 6.45) is 4.76. The van der Waals surface area contributed by atoms with Gasteiger partial charge in [-0.3, -0.25) is 9.59 Å². The Labute approximate surface area is 156 Å². The predicted octanol–water partition coefficient (Wildman–Crippen LogP) is 3.95. The lowest BCUT2D eigenvalue weighted by Crippen LogP contribution is -2.40. The van der Waals surface area contributed by atoms with Gasteiger partial charge in [-0.25, -0.2) is 4.98 Å². The van der Waals surface area contributed by atoms with E-state index in [0.29, 0.717) is 47.7 Å². The van der Waals surface area contributed by atoms with Crippen molar-refractivity contribution in [2.24, 2.45) is 5.92 Å². The minimum atomic E-state index is -0.0511. The fraction of sp³-hybridized carbons (Fsp3) is 0.250. The molecular weight excluding hydrogens is 350 g/mol. The maximum absolute atomic E-state index is 12.8. The maximum atomic E-state index is 12.8. The van der Waals surface area contributed by atoms with Crippen LogP contribution in [0.4, 0.5) is 0 Å². The topological polar surface area (TPSA) is 66.1 Å². The van der Waals surface area contributed by atoms with Gasteiger partial charge in [0, 0.05) is 47.4 Å². The standard InChI is InChI=1S/C20H18ClN3O2/c21-15-5-3-13(4-6-15)18(25)14-7-10-24(11-8-14)20(26)17-12-23-19-16(17)2-1-9-22-19/h1-6,9,12,14H,7-8,10-11H2,(H,22,23). The number of aromatic amines is 1. The summed E-state index contributed by atoms with van der Waals surface area (Å²) < 4.78 is 0.